The summed E-state index contributed by atoms with van der Waals surface area (Å²) in [6, 6.07) is 5.27. The number of nitrogens with zero attached hydrogens (tertiary/aromatic N) is 4. The molecule has 0 aliphatic rings. The molecule has 0 unspecified atom stereocenters. The van der Waals surface area contributed by atoms with Gasteiger partial charge in [-0.1, -0.05) is 0 Å². The number of carboxylic acid groups (broad SMARTS) is 1. The van der Waals surface area contributed by atoms with Crippen molar-refractivity contribution in [2.24, 2.45) is 7.05 Å². The molecule has 1 N–H and O–H groups in total. The molecule has 0 fully saturated rings. The lowest BCUT2D eigenvalue weighted by atomic mass is 10.1. The number of aryl methyl sites for hydroxylation is 1. The van der Waals surface area contributed by atoms with Crippen LogP contribution >= 0.6 is 0 Å². The number of carboxylic acids is 1. The minimum absolute atomic E-state index is 0.181. The van der Waals surface area contributed by atoms with Gasteiger partial charge in [0.1, 0.15) is 17.7 Å². The van der Waals surface area contributed by atoms with Gasteiger partial charge in [-0.15, -0.1) is 0 Å². The van der Waals surface area contributed by atoms with E-state index < -0.39 is 5.97 Å². The predicted octanol–water partition coefficient (Wildman–Crippen LogP) is 1.73. The lowest BCUT2D eigenvalue weighted by Gasteiger charge is -2.02. The third kappa shape index (κ3) is 1.74. The Morgan fingerprint density at radius 1 is 1.37 bits per heavy atom. The highest BCUT2D eigenvalue weighted by Gasteiger charge is 2.16. The highest BCUT2D eigenvalue weighted by Crippen LogP contribution is 2.26. The molecule has 0 aromatic carbocycles. The van der Waals surface area contributed by atoms with Crippen LogP contribution in [0.15, 0.2) is 36.9 Å². The fourth-order valence-electron chi connectivity index (χ4n) is 2.07. The normalized spacial score (nSPS) is 10.8. The van der Waals surface area contributed by atoms with Crippen molar-refractivity contribution in [3.8, 4) is 11.3 Å². The second-order valence-electron chi connectivity index (χ2n) is 4.10. The molecule has 0 radical (unpaired) electrons. The van der Waals surface area contributed by atoms with E-state index in [1.54, 1.807) is 30.1 Å². The van der Waals surface area contributed by atoms with Gasteiger partial charge >= 0.3 is 5.97 Å². The molecule has 0 saturated carbocycles. The van der Waals surface area contributed by atoms with Crippen molar-refractivity contribution in [2.45, 2.75) is 0 Å². The lowest BCUT2D eigenvalue weighted by molar-refractivity contribution is 0.0687. The maximum absolute atomic E-state index is 11.2. The van der Waals surface area contributed by atoms with Crippen molar-refractivity contribution in [2.75, 3.05) is 0 Å². The fraction of sp³-hybridized carbons (Fsp3) is 0.0769. The van der Waals surface area contributed by atoms with Crippen molar-refractivity contribution >= 4 is 17.0 Å². The van der Waals surface area contributed by atoms with Crippen molar-refractivity contribution in [1.82, 2.24) is 19.5 Å². The summed E-state index contributed by atoms with van der Waals surface area (Å²) >= 11 is 0. The number of hydrogen-bond donors (Lipinski definition) is 1. The topological polar surface area (TPSA) is 80.9 Å². The molecule has 3 rings (SSSR count). The standard InChI is InChI=1S/C13H10N4O2/c1-17-10(13(18)19)5-9-11(15-7-16-12(9)17)8-3-2-4-14-6-8/h2-7H,1H3,(H,18,19). The van der Waals surface area contributed by atoms with Crippen molar-refractivity contribution in [1.29, 1.82) is 0 Å². The van der Waals surface area contributed by atoms with Gasteiger partial charge in [0.25, 0.3) is 0 Å². The Labute approximate surface area is 108 Å². The molecule has 0 bridgehead atoms. The molecule has 6 heteroatoms. The van der Waals surface area contributed by atoms with E-state index in [1.807, 2.05) is 12.1 Å². The Morgan fingerprint density at radius 3 is 2.89 bits per heavy atom. The fourth-order valence-corrected chi connectivity index (χ4v) is 2.07. The van der Waals surface area contributed by atoms with Crippen molar-refractivity contribution < 1.29 is 9.90 Å². The Kier molecular flexibility index (Phi) is 2.49. The number of pyridine rings is 1. The van der Waals surface area contributed by atoms with Crippen molar-refractivity contribution in [3.05, 3.63) is 42.6 Å². The molecule has 0 aliphatic heterocycles. The van der Waals surface area contributed by atoms with E-state index in [2.05, 4.69) is 15.0 Å². The number of rotatable bonds is 2. The van der Waals surface area contributed by atoms with Crippen LogP contribution in [0.25, 0.3) is 22.3 Å². The van der Waals surface area contributed by atoms with Gasteiger partial charge in [-0.2, -0.15) is 0 Å². The summed E-state index contributed by atoms with van der Waals surface area (Å²) in [4.78, 5) is 23.6. The van der Waals surface area contributed by atoms with E-state index in [0.29, 0.717) is 16.7 Å². The van der Waals surface area contributed by atoms with E-state index in [9.17, 15) is 4.79 Å². The average Bonchev–Trinajstić information content (AvgIpc) is 2.78. The first kappa shape index (κ1) is 11.3. The first-order valence-corrected chi connectivity index (χ1v) is 5.62. The molecule has 3 aromatic heterocycles. The van der Waals surface area contributed by atoms with E-state index in [4.69, 9.17) is 5.11 Å². The van der Waals surface area contributed by atoms with Crippen LogP contribution in [0.4, 0.5) is 0 Å². The molecule has 3 heterocycles. The van der Waals surface area contributed by atoms with E-state index >= 15 is 0 Å². The van der Waals surface area contributed by atoms with Crippen LogP contribution in [-0.2, 0) is 7.05 Å². The van der Waals surface area contributed by atoms with Gasteiger partial charge in [-0.3, -0.25) is 4.98 Å². The summed E-state index contributed by atoms with van der Waals surface area (Å²) < 4.78 is 1.54. The Hall–Kier alpha value is -2.76. The van der Waals surface area contributed by atoms with Crippen LogP contribution in [0.3, 0.4) is 0 Å². The van der Waals surface area contributed by atoms with Crippen LogP contribution in [0.1, 0.15) is 10.5 Å². The molecule has 19 heavy (non-hydrogen) atoms. The second-order valence-corrected chi connectivity index (χ2v) is 4.10. The Bertz CT molecular complexity index is 765. The second kappa shape index (κ2) is 4.16. The van der Waals surface area contributed by atoms with Crippen LogP contribution in [-0.4, -0.2) is 30.6 Å². The molecule has 0 saturated heterocycles. The number of fused-ring (bicyclic) bond motifs is 1. The molecule has 3 aromatic rings. The monoisotopic (exact) mass is 254 g/mol. The average molecular weight is 254 g/mol. The summed E-state index contributed by atoms with van der Waals surface area (Å²) in [5.41, 5.74) is 2.28. The van der Waals surface area contributed by atoms with E-state index in [0.717, 1.165) is 5.56 Å². The summed E-state index contributed by atoms with van der Waals surface area (Å²) in [5.74, 6) is -0.988. The van der Waals surface area contributed by atoms with Crippen LogP contribution < -0.4 is 0 Å². The van der Waals surface area contributed by atoms with Gasteiger partial charge in [0, 0.05) is 30.4 Å². The first-order chi connectivity index (χ1) is 9.18. The summed E-state index contributed by atoms with van der Waals surface area (Å²) in [7, 11) is 1.67. The summed E-state index contributed by atoms with van der Waals surface area (Å²) in [6.45, 7) is 0. The zero-order valence-corrected chi connectivity index (χ0v) is 10.1. The molecule has 0 amide bonds. The van der Waals surface area contributed by atoms with Crippen LogP contribution in [0, 0.1) is 0 Å². The zero-order chi connectivity index (χ0) is 13.4. The predicted molar refractivity (Wildman–Crippen MR) is 68.7 cm³/mol. The largest absolute Gasteiger partial charge is 0.477 e. The summed E-state index contributed by atoms with van der Waals surface area (Å²) in [6.07, 6.45) is 4.79. The maximum Gasteiger partial charge on any atom is 0.352 e. The molecular weight excluding hydrogens is 244 g/mol. The minimum atomic E-state index is -0.988. The Balaban J connectivity index is 2.33. The molecule has 94 valence electrons. The van der Waals surface area contributed by atoms with Gasteiger partial charge in [-0.05, 0) is 18.2 Å². The van der Waals surface area contributed by atoms with Gasteiger partial charge in [0.15, 0.2) is 0 Å². The summed E-state index contributed by atoms with van der Waals surface area (Å²) in [5, 5.41) is 9.85. The number of hydrogen-bond acceptors (Lipinski definition) is 4. The molecule has 0 spiro atoms. The van der Waals surface area contributed by atoms with Gasteiger partial charge in [0.05, 0.1) is 5.69 Å². The van der Waals surface area contributed by atoms with Crippen LogP contribution in [0.2, 0.25) is 0 Å². The molecule has 0 atom stereocenters. The third-order valence-corrected chi connectivity index (χ3v) is 2.98. The quantitative estimate of drug-likeness (QED) is 0.753. The van der Waals surface area contributed by atoms with Gasteiger partial charge in [-0.25, -0.2) is 14.8 Å². The highest BCUT2D eigenvalue weighted by atomic mass is 16.4. The van der Waals surface area contributed by atoms with Gasteiger partial charge < -0.3 is 9.67 Å². The van der Waals surface area contributed by atoms with Gasteiger partial charge in [0.2, 0.25) is 0 Å². The minimum Gasteiger partial charge on any atom is -0.477 e. The maximum atomic E-state index is 11.2. The Morgan fingerprint density at radius 2 is 2.21 bits per heavy atom. The van der Waals surface area contributed by atoms with Crippen LogP contribution in [0.5, 0.6) is 0 Å². The first-order valence-electron chi connectivity index (χ1n) is 5.62. The SMILES string of the molecule is Cn1c(C(=O)O)cc2c(-c3cccnc3)ncnc21. The van der Waals surface area contributed by atoms with E-state index in [1.165, 1.54) is 6.33 Å². The molecule has 0 aliphatic carbocycles. The van der Waals surface area contributed by atoms with E-state index in [-0.39, 0.29) is 5.69 Å². The molecule has 6 nitrogen and oxygen atoms in total. The molecular formula is C13H10N4O2. The number of aromatic nitrogens is 4. The third-order valence-electron chi connectivity index (χ3n) is 2.98. The smallest absolute Gasteiger partial charge is 0.352 e. The zero-order valence-electron chi connectivity index (χ0n) is 10.1. The highest BCUT2D eigenvalue weighted by molar-refractivity contribution is 5.98. The lowest BCUT2D eigenvalue weighted by Crippen LogP contribution is -2.04. The number of aromatic carboxylic acids is 1. The van der Waals surface area contributed by atoms with Crippen molar-refractivity contribution in [3.63, 3.8) is 0 Å². The number of carbonyl (C=O) groups is 1.